The summed E-state index contributed by atoms with van der Waals surface area (Å²) in [6.07, 6.45) is 2.50. The van der Waals surface area contributed by atoms with E-state index in [1.54, 1.807) is 0 Å². The highest BCUT2D eigenvalue weighted by atomic mass is 35.5. The summed E-state index contributed by atoms with van der Waals surface area (Å²) in [7, 11) is 1.85. The largest absolute Gasteiger partial charge is 0.396 e. The maximum Gasteiger partial charge on any atom is 0.269 e. The molecule has 0 aliphatic rings. The van der Waals surface area contributed by atoms with Crippen LogP contribution in [-0.4, -0.2) is 28.7 Å². The lowest BCUT2D eigenvalue weighted by Gasteiger charge is -2.31. The third kappa shape index (κ3) is 3.38. The van der Waals surface area contributed by atoms with Gasteiger partial charge in [-0.2, -0.15) is 0 Å². The summed E-state index contributed by atoms with van der Waals surface area (Å²) in [5.41, 5.74) is 1.36. The molecule has 23 heavy (non-hydrogen) atoms. The minimum atomic E-state index is -0.169. The molecular weight excluding hydrogens is 312 g/mol. The van der Waals surface area contributed by atoms with Crippen molar-refractivity contribution in [3.05, 3.63) is 35.0 Å². The first-order valence-corrected chi connectivity index (χ1v) is 8.49. The predicted octanol–water partition coefficient (Wildman–Crippen LogP) is 3.75. The van der Waals surface area contributed by atoms with Gasteiger partial charge in [-0.15, -0.1) is 0 Å². The van der Waals surface area contributed by atoms with Gasteiger partial charge in [-0.3, -0.25) is 4.79 Å². The zero-order valence-corrected chi connectivity index (χ0v) is 14.8. The molecule has 0 spiro atoms. The second kappa shape index (κ2) is 7.37. The van der Waals surface area contributed by atoms with Gasteiger partial charge in [0.05, 0.1) is 5.02 Å². The average Bonchev–Trinajstić information content (AvgIpc) is 2.83. The van der Waals surface area contributed by atoms with E-state index in [2.05, 4.69) is 19.2 Å². The zero-order valence-electron chi connectivity index (χ0n) is 14.0. The second-order valence-electron chi connectivity index (χ2n) is 6.10. The molecule has 4 nitrogen and oxygen atoms in total. The summed E-state index contributed by atoms with van der Waals surface area (Å²) in [6, 6.07) is 7.71. The summed E-state index contributed by atoms with van der Waals surface area (Å²) in [4.78, 5) is 12.7. The second-order valence-corrected chi connectivity index (χ2v) is 6.48. The average molecular weight is 337 g/mol. The number of para-hydroxylation sites is 1. The number of nitrogens with zero attached hydrogens (tertiary/aromatic N) is 1. The van der Waals surface area contributed by atoms with Crippen molar-refractivity contribution < 1.29 is 9.90 Å². The molecule has 2 N–H and O–H groups in total. The Morgan fingerprint density at radius 2 is 1.96 bits per heavy atom. The smallest absolute Gasteiger partial charge is 0.269 e. The van der Waals surface area contributed by atoms with Crippen LogP contribution >= 0.6 is 11.6 Å². The first-order valence-electron chi connectivity index (χ1n) is 8.11. The summed E-state index contributed by atoms with van der Waals surface area (Å²) < 4.78 is 1.83. The van der Waals surface area contributed by atoms with Crippen LogP contribution in [0.2, 0.25) is 5.02 Å². The Kier molecular flexibility index (Phi) is 5.71. The normalized spacial score (nSPS) is 11.9. The standard InChI is InChI=1S/C18H25ClN2O2/c1-4-18(5-2,10-11-22)12-20-17(23)16-15(19)13-8-6-7-9-14(13)21(16)3/h6-9,22H,4-5,10-12H2,1-3H3,(H,20,23). The number of nitrogens with one attached hydrogen (secondary N) is 1. The number of aliphatic hydroxyl groups is 1. The van der Waals surface area contributed by atoms with E-state index in [4.69, 9.17) is 11.6 Å². The quantitative estimate of drug-likeness (QED) is 0.809. The van der Waals surface area contributed by atoms with E-state index in [-0.39, 0.29) is 17.9 Å². The molecule has 2 rings (SSSR count). The molecule has 1 amide bonds. The number of hydrogen-bond acceptors (Lipinski definition) is 2. The molecule has 0 atom stereocenters. The Morgan fingerprint density at radius 1 is 1.30 bits per heavy atom. The number of carbonyl (C=O) groups is 1. The van der Waals surface area contributed by atoms with E-state index >= 15 is 0 Å². The molecular formula is C18H25ClN2O2. The Balaban J connectivity index is 2.25. The Bertz CT molecular complexity index is 651. The molecule has 2 aromatic rings. The lowest BCUT2D eigenvalue weighted by Crippen LogP contribution is -2.38. The predicted molar refractivity (Wildman–Crippen MR) is 95.0 cm³/mol. The van der Waals surface area contributed by atoms with Crippen molar-refractivity contribution in [2.45, 2.75) is 33.1 Å². The van der Waals surface area contributed by atoms with Gasteiger partial charge in [0.15, 0.2) is 0 Å². The number of carbonyl (C=O) groups excluding carboxylic acids is 1. The highest BCUT2D eigenvalue weighted by molar-refractivity contribution is 6.38. The van der Waals surface area contributed by atoms with Gasteiger partial charge in [0.1, 0.15) is 5.69 Å². The van der Waals surface area contributed by atoms with Gasteiger partial charge >= 0.3 is 0 Å². The zero-order chi connectivity index (χ0) is 17.0. The number of benzene rings is 1. The number of aryl methyl sites for hydroxylation is 1. The number of halogens is 1. The Labute approximate surface area is 142 Å². The van der Waals surface area contributed by atoms with E-state index in [9.17, 15) is 9.90 Å². The number of aromatic nitrogens is 1. The molecule has 126 valence electrons. The molecule has 1 aromatic carbocycles. The number of aliphatic hydroxyl groups excluding tert-OH is 1. The van der Waals surface area contributed by atoms with Gasteiger partial charge in [-0.05, 0) is 30.7 Å². The highest BCUT2D eigenvalue weighted by Gasteiger charge is 2.27. The van der Waals surface area contributed by atoms with Crippen LogP contribution in [0.3, 0.4) is 0 Å². The molecule has 0 radical (unpaired) electrons. The number of amides is 1. The van der Waals surface area contributed by atoms with E-state index in [0.29, 0.717) is 23.7 Å². The summed E-state index contributed by atoms with van der Waals surface area (Å²) >= 11 is 6.41. The third-order valence-corrected chi connectivity index (χ3v) is 5.41. The molecule has 5 heteroatoms. The number of rotatable bonds is 7. The van der Waals surface area contributed by atoms with E-state index in [0.717, 1.165) is 23.7 Å². The molecule has 0 aliphatic heterocycles. The van der Waals surface area contributed by atoms with Crippen molar-refractivity contribution in [3.63, 3.8) is 0 Å². The van der Waals surface area contributed by atoms with Crippen molar-refractivity contribution in [1.82, 2.24) is 9.88 Å². The molecule has 0 saturated heterocycles. The van der Waals surface area contributed by atoms with Gasteiger partial charge in [0.25, 0.3) is 5.91 Å². The minimum absolute atomic E-state index is 0.0680. The lowest BCUT2D eigenvalue weighted by atomic mass is 9.79. The van der Waals surface area contributed by atoms with Crippen molar-refractivity contribution in [3.8, 4) is 0 Å². The molecule has 0 aliphatic carbocycles. The Morgan fingerprint density at radius 3 is 2.52 bits per heavy atom. The highest BCUT2D eigenvalue weighted by Crippen LogP contribution is 2.31. The van der Waals surface area contributed by atoms with Gasteiger partial charge in [0, 0.05) is 31.1 Å². The van der Waals surface area contributed by atoms with E-state index < -0.39 is 0 Å². The van der Waals surface area contributed by atoms with Gasteiger partial charge < -0.3 is 15.0 Å². The van der Waals surface area contributed by atoms with Gasteiger partial charge in [-0.25, -0.2) is 0 Å². The fraction of sp³-hybridized carbons (Fsp3) is 0.500. The lowest BCUT2D eigenvalue weighted by molar-refractivity contribution is 0.0900. The van der Waals surface area contributed by atoms with Crippen molar-refractivity contribution in [2.75, 3.05) is 13.2 Å². The summed E-state index contributed by atoms with van der Waals surface area (Å²) in [6.45, 7) is 4.85. The summed E-state index contributed by atoms with van der Waals surface area (Å²) in [5, 5.41) is 13.7. The van der Waals surface area contributed by atoms with Gasteiger partial charge in [-0.1, -0.05) is 43.6 Å². The minimum Gasteiger partial charge on any atom is -0.396 e. The SMILES string of the molecule is CCC(CC)(CCO)CNC(=O)c1c(Cl)c2ccccc2n1C. The fourth-order valence-corrected chi connectivity index (χ4v) is 3.50. The number of fused-ring (bicyclic) bond motifs is 1. The van der Waals surface area contributed by atoms with Crippen LogP contribution in [0.4, 0.5) is 0 Å². The monoisotopic (exact) mass is 336 g/mol. The Hall–Kier alpha value is -1.52. The van der Waals surface area contributed by atoms with Crippen LogP contribution in [0, 0.1) is 5.41 Å². The van der Waals surface area contributed by atoms with Crippen molar-refractivity contribution in [1.29, 1.82) is 0 Å². The molecule has 0 saturated carbocycles. The molecule has 1 heterocycles. The number of hydrogen-bond donors (Lipinski definition) is 2. The van der Waals surface area contributed by atoms with E-state index in [1.807, 2.05) is 35.9 Å². The van der Waals surface area contributed by atoms with Crippen LogP contribution < -0.4 is 5.32 Å². The van der Waals surface area contributed by atoms with Crippen LogP contribution in [0.25, 0.3) is 10.9 Å². The van der Waals surface area contributed by atoms with Crippen LogP contribution in [0.1, 0.15) is 43.6 Å². The molecule has 0 bridgehead atoms. The van der Waals surface area contributed by atoms with Crippen molar-refractivity contribution in [2.24, 2.45) is 12.5 Å². The molecule has 0 fully saturated rings. The maximum absolute atomic E-state index is 12.7. The third-order valence-electron chi connectivity index (χ3n) is 5.03. The topological polar surface area (TPSA) is 54.3 Å². The summed E-state index contributed by atoms with van der Waals surface area (Å²) in [5.74, 6) is -0.169. The fourth-order valence-electron chi connectivity index (χ4n) is 3.13. The van der Waals surface area contributed by atoms with Crippen molar-refractivity contribution >= 4 is 28.4 Å². The van der Waals surface area contributed by atoms with Crippen LogP contribution in [0.15, 0.2) is 24.3 Å². The van der Waals surface area contributed by atoms with Crippen LogP contribution in [-0.2, 0) is 7.05 Å². The van der Waals surface area contributed by atoms with Gasteiger partial charge in [0.2, 0.25) is 0 Å². The first-order chi connectivity index (χ1) is 11.0. The molecule has 1 aromatic heterocycles. The maximum atomic E-state index is 12.7. The van der Waals surface area contributed by atoms with E-state index in [1.165, 1.54) is 0 Å². The molecule has 0 unspecified atom stereocenters. The first kappa shape index (κ1) is 17.8. The van der Waals surface area contributed by atoms with Crippen LogP contribution in [0.5, 0.6) is 0 Å².